The molecule has 17 heavy (non-hydrogen) atoms. The molecule has 1 rings (SSSR count). The van der Waals surface area contributed by atoms with Crippen LogP contribution in [0.4, 0.5) is 4.79 Å². The molecule has 0 aliphatic rings. The molecule has 0 unspecified atom stereocenters. The van der Waals surface area contributed by atoms with E-state index in [9.17, 15) is 4.79 Å². The van der Waals surface area contributed by atoms with Gasteiger partial charge < -0.3 is 15.2 Å². The highest BCUT2D eigenvalue weighted by Crippen LogP contribution is 2.28. The lowest BCUT2D eigenvalue weighted by molar-refractivity contribution is -0.0231. The highest BCUT2D eigenvalue weighted by Gasteiger charge is 2.25. The Morgan fingerprint density at radius 1 is 1.47 bits per heavy atom. The summed E-state index contributed by atoms with van der Waals surface area (Å²) in [7, 11) is 1.60. The van der Waals surface area contributed by atoms with Crippen LogP contribution < -0.4 is 5.73 Å². The van der Waals surface area contributed by atoms with Gasteiger partial charge in [0.2, 0.25) is 0 Å². The summed E-state index contributed by atoms with van der Waals surface area (Å²) >= 11 is 2.23. The van der Waals surface area contributed by atoms with Gasteiger partial charge in [-0.1, -0.05) is 25.1 Å². The van der Waals surface area contributed by atoms with Crippen LogP contribution in [0.25, 0.3) is 0 Å². The summed E-state index contributed by atoms with van der Waals surface area (Å²) in [6, 6.07) is 7.83. The molecular formula is C12H16INO3. The van der Waals surface area contributed by atoms with E-state index in [1.165, 1.54) is 0 Å². The molecule has 2 N–H and O–H groups in total. The first-order chi connectivity index (χ1) is 8.10. The summed E-state index contributed by atoms with van der Waals surface area (Å²) in [6.45, 7) is 1.93. The maximum Gasteiger partial charge on any atom is 0.404 e. The van der Waals surface area contributed by atoms with Crippen LogP contribution in [0.3, 0.4) is 0 Å². The second kappa shape index (κ2) is 6.80. The number of carbonyl (C=O) groups excluding carboxylic acids is 1. The maximum atomic E-state index is 10.8. The quantitative estimate of drug-likeness (QED) is 0.832. The number of nitrogens with two attached hydrogens (primary N) is 1. The molecule has 0 aliphatic heterocycles. The fourth-order valence-electron chi connectivity index (χ4n) is 1.69. The Morgan fingerprint density at radius 2 is 2.12 bits per heavy atom. The number of hydrogen-bond donors (Lipinski definition) is 1. The van der Waals surface area contributed by atoms with Crippen LogP contribution in [0.5, 0.6) is 0 Å². The van der Waals surface area contributed by atoms with Gasteiger partial charge in [-0.05, 0) is 40.6 Å². The molecule has 1 aromatic rings. The Kier molecular flexibility index (Phi) is 5.70. The van der Waals surface area contributed by atoms with Crippen molar-refractivity contribution in [1.82, 2.24) is 0 Å². The smallest absolute Gasteiger partial charge is 0.404 e. The molecule has 5 heteroatoms. The third-order valence-electron chi connectivity index (χ3n) is 2.47. The number of primary amides is 1. The summed E-state index contributed by atoms with van der Waals surface area (Å²) in [5, 5.41) is 0. The molecule has 1 amide bonds. The second-order valence-corrected chi connectivity index (χ2v) is 4.72. The van der Waals surface area contributed by atoms with E-state index < -0.39 is 6.09 Å². The van der Waals surface area contributed by atoms with Crippen molar-refractivity contribution in [2.45, 2.75) is 25.6 Å². The first-order valence-corrected chi connectivity index (χ1v) is 6.41. The first kappa shape index (κ1) is 14.2. The van der Waals surface area contributed by atoms with Crippen molar-refractivity contribution < 1.29 is 14.3 Å². The van der Waals surface area contributed by atoms with E-state index in [-0.39, 0.29) is 12.2 Å². The number of ether oxygens (including phenoxy) is 2. The molecule has 94 valence electrons. The molecule has 4 nitrogen and oxygen atoms in total. The number of carbonyl (C=O) groups is 1. The zero-order valence-corrected chi connectivity index (χ0v) is 12.0. The van der Waals surface area contributed by atoms with Gasteiger partial charge in [-0.25, -0.2) is 4.79 Å². The molecule has 2 atom stereocenters. The Bertz CT molecular complexity index is 384. The molecule has 0 spiro atoms. The van der Waals surface area contributed by atoms with Crippen molar-refractivity contribution in [2.75, 3.05) is 7.11 Å². The number of hydrogen-bond acceptors (Lipinski definition) is 3. The Balaban J connectivity index is 2.97. The van der Waals surface area contributed by atoms with Crippen molar-refractivity contribution >= 4 is 28.7 Å². The number of amides is 1. The van der Waals surface area contributed by atoms with Crippen LogP contribution in [0, 0.1) is 3.57 Å². The minimum absolute atomic E-state index is 0.291. The van der Waals surface area contributed by atoms with Crippen LogP contribution in [0.1, 0.15) is 25.0 Å². The van der Waals surface area contributed by atoms with Gasteiger partial charge in [0.1, 0.15) is 12.2 Å². The predicted octanol–water partition coefficient (Wildman–Crippen LogP) is 2.85. The van der Waals surface area contributed by atoms with E-state index >= 15 is 0 Å². The zero-order chi connectivity index (χ0) is 12.8. The van der Waals surface area contributed by atoms with Crippen molar-refractivity contribution in [3.8, 4) is 0 Å². The van der Waals surface area contributed by atoms with Crippen LogP contribution in [-0.4, -0.2) is 19.3 Å². The average Bonchev–Trinajstić information content (AvgIpc) is 2.30. The summed E-state index contributed by atoms with van der Waals surface area (Å²) < 4.78 is 11.6. The molecule has 0 radical (unpaired) electrons. The van der Waals surface area contributed by atoms with E-state index in [0.29, 0.717) is 6.42 Å². The molecule has 0 heterocycles. The SMILES string of the molecule is CC[C@@H](OC(N)=O)[C@H](OC)c1ccccc1I. The Hall–Kier alpha value is -0.820. The van der Waals surface area contributed by atoms with E-state index in [0.717, 1.165) is 9.13 Å². The van der Waals surface area contributed by atoms with Gasteiger partial charge in [0.05, 0.1) is 0 Å². The summed E-state index contributed by atoms with van der Waals surface area (Å²) in [4.78, 5) is 10.8. The number of methoxy groups -OCH3 is 1. The summed E-state index contributed by atoms with van der Waals surface area (Å²) in [6.07, 6.45) is -0.786. The number of halogens is 1. The van der Waals surface area contributed by atoms with Gasteiger partial charge in [-0.2, -0.15) is 0 Å². The van der Waals surface area contributed by atoms with Gasteiger partial charge in [0.25, 0.3) is 0 Å². The largest absolute Gasteiger partial charge is 0.443 e. The lowest BCUT2D eigenvalue weighted by atomic mass is 10.0. The highest BCUT2D eigenvalue weighted by atomic mass is 127. The van der Waals surface area contributed by atoms with Gasteiger partial charge in [-0.15, -0.1) is 0 Å². The monoisotopic (exact) mass is 349 g/mol. The van der Waals surface area contributed by atoms with E-state index in [4.69, 9.17) is 15.2 Å². The van der Waals surface area contributed by atoms with Crippen molar-refractivity contribution in [2.24, 2.45) is 5.73 Å². The molecule has 0 saturated heterocycles. The van der Waals surface area contributed by atoms with Gasteiger partial charge in [0, 0.05) is 10.7 Å². The fourth-order valence-corrected chi connectivity index (χ4v) is 2.39. The predicted molar refractivity (Wildman–Crippen MR) is 73.7 cm³/mol. The molecule has 0 fully saturated rings. The van der Waals surface area contributed by atoms with E-state index in [2.05, 4.69) is 22.6 Å². The summed E-state index contributed by atoms with van der Waals surface area (Å²) in [5.74, 6) is 0. The summed E-state index contributed by atoms with van der Waals surface area (Å²) in [5.41, 5.74) is 6.06. The maximum absolute atomic E-state index is 10.8. The van der Waals surface area contributed by atoms with Crippen LogP contribution >= 0.6 is 22.6 Å². The average molecular weight is 349 g/mol. The topological polar surface area (TPSA) is 61.5 Å². The van der Waals surface area contributed by atoms with E-state index in [1.54, 1.807) is 7.11 Å². The minimum Gasteiger partial charge on any atom is -0.443 e. The molecule has 0 bridgehead atoms. The van der Waals surface area contributed by atoms with Crippen LogP contribution in [0.15, 0.2) is 24.3 Å². The normalized spacial score (nSPS) is 14.1. The fraction of sp³-hybridized carbons (Fsp3) is 0.417. The second-order valence-electron chi connectivity index (χ2n) is 3.56. The Labute approximate surface area is 115 Å². The lowest BCUT2D eigenvalue weighted by Gasteiger charge is -2.25. The molecular weight excluding hydrogens is 333 g/mol. The lowest BCUT2D eigenvalue weighted by Crippen LogP contribution is -2.29. The van der Waals surface area contributed by atoms with Crippen molar-refractivity contribution in [3.05, 3.63) is 33.4 Å². The highest BCUT2D eigenvalue weighted by molar-refractivity contribution is 14.1. The van der Waals surface area contributed by atoms with E-state index in [1.807, 2.05) is 31.2 Å². The van der Waals surface area contributed by atoms with Crippen LogP contribution in [0.2, 0.25) is 0 Å². The zero-order valence-electron chi connectivity index (χ0n) is 9.85. The first-order valence-electron chi connectivity index (χ1n) is 5.33. The van der Waals surface area contributed by atoms with Crippen molar-refractivity contribution in [3.63, 3.8) is 0 Å². The third-order valence-corrected chi connectivity index (χ3v) is 3.46. The minimum atomic E-state index is -0.773. The Morgan fingerprint density at radius 3 is 2.59 bits per heavy atom. The molecule has 0 aliphatic carbocycles. The standard InChI is InChI=1S/C12H16INO3/c1-3-10(17-12(14)15)11(16-2)8-6-4-5-7-9(8)13/h4-7,10-11H,3H2,1-2H3,(H2,14,15)/t10-,11-/m1/s1. The van der Waals surface area contributed by atoms with Gasteiger partial charge in [-0.3, -0.25) is 0 Å². The third kappa shape index (κ3) is 3.85. The molecule has 0 aromatic heterocycles. The van der Waals surface area contributed by atoms with Crippen molar-refractivity contribution in [1.29, 1.82) is 0 Å². The van der Waals surface area contributed by atoms with Gasteiger partial charge >= 0.3 is 6.09 Å². The van der Waals surface area contributed by atoms with Crippen LogP contribution in [-0.2, 0) is 9.47 Å². The molecule has 0 saturated carbocycles. The number of rotatable bonds is 5. The van der Waals surface area contributed by atoms with Gasteiger partial charge in [0.15, 0.2) is 0 Å². The molecule has 1 aromatic carbocycles. The number of benzene rings is 1.